The quantitative estimate of drug-likeness (QED) is 0.803. The van der Waals surface area contributed by atoms with E-state index in [4.69, 9.17) is 17.3 Å². The number of carbonyl (C=O) groups is 1. The van der Waals surface area contributed by atoms with Crippen molar-refractivity contribution in [3.8, 4) is 0 Å². The molecule has 0 aliphatic carbocycles. The molecule has 3 N–H and O–H groups in total. The van der Waals surface area contributed by atoms with Gasteiger partial charge in [-0.1, -0.05) is 11.6 Å². The summed E-state index contributed by atoms with van der Waals surface area (Å²) in [5.74, 6) is 0.627. The van der Waals surface area contributed by atoms with Gasteiger partial charge in [-0.2, -0.15) is 0 Å². The van der Waals surface area contributed by atoms with Crippen LogP contribution in [0.3, 0.4) is 0 Å². The van der Waals surface area contributed by atoms with Crippen molar-refractivity contribution < 1.29 is 4.79 Å². The van der Waals surface area contributed by atoms with Crippen LogP contribution in [0.25, 0.3) is 0 Å². The third-order valence-corrected chi connectivity index (χ3v) is 3.31. The molecule has 1 aliphatic heterocycles. The molecule has 5 nitrogen and oxygen atoms in total. The topological polar surface area (TPSA) is 71.2 Å². The van der Waals surface area contributed by atoms with E-state index in [0.717, 1.165) is 19.5 Å². The summed E-state index contributed by atoms with van der Waals surface area (Å²) in [5.41, 5.74) is 6.01. The molecular weight excluding hydrogens is 252 g/mol. The molecule has 98 valence electrons. The molecule has 1 saturated heterocycles. The summed E-state index contributed by atoms with van der Waals surface area (Å²) < 4.78 is 0. The molecule has 1 fully saturated rings. The number of rotatable bonds is 3. The van der Waals surface area contributed by atoms with Crippen LogP contribution in [0.4, 0.5) is 5.82 Å². The van der Waals surface area contributed by atoms with Crippen LogP contribution in [-0.4, -0.2) is 42.5 Å². The van der Waals surface area contributed by atoms with Gasteiger partial charge in [-0.15, -0.1) is 0 Å². The van der Waals surface area contributed by atoms with Crippen LogP contribution in [0.15, 0.2) is 12.1 Å². The van der Waals surface area contributed by atoms with Crippen molar-refractivity contribution in [1.29, 1.82) is 0 Å². The van der Waals surface area contributed by atoms with E-state index in [2.05, 4.69) is 22.2 Å². The Kier molecular flexibility index (Phi) is 4.04. The molecule has 0 spiro atoms. The molecule has 1 aromatic rings. The van der Waals surface area contributed by atoms with Crippen LogP contribution in [-0.2, 0) is 0 Å². The SMILES string of the molecule is CN1CCC(CNC(=O)c2cc(N)nc(Cl)c2)C1. The Morgan fingerprint density at radius 2 is 2.44 bits per heavy atom. The number of nitrogen functional groups attached to an aromatic ring is 1. The van der Waals surface area contributed by atoms with Gasteiger partial charge < -0.3 is 16.0 Å². The Bertz CT molecular complexity index is 431. The van der Waals surface area contributed by atoms with Gasteiger partial charge >= 0.3 is 0 Å². The highest BCUT2D eigenvalue weighted by Gasteiger charge is 2.20. The maximum atomic E-state index is 11.9. The first-order valence-corrected chi connectivity index (χ1v) is 6.32. The van der Waals surface area contributed by atoms with E-state index < -0.39 is 0 Å². The summed E-state index contributed by atoms with van der Waals surface area (Å²) in [6.45, 7) is 2.80. The van der Waals surface area contributed by atoms with Crippen molar-refractivity contribution in [2.75, 3.05) is 32.4 Å². The standard InChI is InChI=1S/C12H17ClN4O/c1-17-3-2-8(7-17)6-15-12(18)9-4-10(13)16-11(14)5-9/h4-5,8H,2-3,6-7H2,1H3,(H2,14,16)(H,15,18). The second kappa shape index (κ2) is 5.54. The normalized spacial score (nSPS) is 20.0. The van der Waals surface area contributed by atoms with Crippen LogP contribution in [0.5, 0.6) is 0 Å². The predicted octanol–water partition coefficient (Wildman–Crippen LogP) is 0.999. The molecular formula is C12H17ClN4O. The summed E-state index contributed by atoms with van der Waals surface area (Å²) in [6, 6.07) is 3.05. The largest absolute Gasteiger partial charge is 0.384 e. The fourth-order valence-corrected chi connectivity index (χ4v) is 2.40. The lowest BCUT2D eigenvalue weighted by atomic mass is 10.1. The minimum absolute atomic E-state index is 0.152. The van der Waals surface area contributed by atoms with E-state index >= 15 is 0 Å². The van der Waals surface area contributed by atoms with Gasteiger partial charge in [-0.25, -0.2) is 4.98 Å². The summed E-state index contributed by atoms with van der Waals surface area (Å²) in [7, 11) is 2.09. The number of hydrogen-bond donors (Lipinski definition) is 2. The molecule has 2 rings (SSSR count). The number of aromatic nitrogens is 1. The molecule has 0 bridgehead atoms. The highest BCUT2D eigenvalue weighted by molar-refractivity contribution is 6.29. The fourth-order valence-electron chi connectivity index (χ4n) is 2.18. The smallest absolute Gasteiger partial charge is 0.251 e. The average molecular weight is 269 g/mol. The third kappa shape index (κ3) is 3.34. The van der Waals surface area contributed by atoms with Crippen molar-refractivity contribution in [2.45, 2.75) is 6.42 Å². The molecule has 1 atom stereocenters. The number of amides is 1. The molecule has 2 heterocycles. The zero-order valence-electron chi connectivity index (χ0n) is 10.3. The van der Waals surface area contributed by atoms with Gasteiger partial charge in [0.05, 0.1) is 0 Å². The van der Waals surface area contributed by atoms with Gasteiger partial charge in [0.25, 0.3) is 5.91 Å². The molecule has 1 aromatic heterocycles. The van der Waals surface area contributed by atoms with Crippen molar-refractivity contribution in [1.82, 2.24) is 15.2 Å². The Hall–Kier alpha value is -1.33. The maximum Gasteiger partial charge on any atom is 0.251 e. The second-order valence-electron chi connectivity index (χ2n) is 4.73. The Balaban J connectivity index is 1.91. The lowest BCUT2D eigenvalue weighted by Crippen LogP contribution is -2.30. The molecule has 1 aliphatic rings. The fraction of sp³-hybridized carbons (Fsp3) is 0.500. The van der Waals surface area contributed by atoms with Crippen molar-refractivity contribution >= 4 is 23.3 Å². The van der Waals surface area contributed by atoms with E-state index in [1.807, 2.05) is 0 Å². The molecule has 6 heteroatoms. The molecule has 0 radical (unpaired) electrons. The Morgan fingerprint density at radius 1 is 1.67 bits per heavy atom. The van der Waals surface area contributed by atoms with Crippen molar-refractivity contribution in [2.24, 2.45) is 5.92 Å². The molecule has 1 unspecified atom stereocenters. The van der Waals surface area contributed by atoms with Crippen LogP contribution in [0.1, 0.15) is 16.8 Å². The number of nitrogens with one attached hydrogen (secondary N) is 1. The molecule has 0 saturated carbocycles. The summed E-state index contributed by atoms with van der Waals surface area (Å²) in [6.07, 6.45) is 1.12. The number of pyridine rings is 1. The Labute approximate surface area is 111 Å². The first-order valence-electron chi connectivity index (χ1n) is 5.94. The van der Waals surface area contributed by atoms with Crippen LogP contribution in [0, 0.1) is 5.92 Å². The van der Waals surface area contributed by atoms with Crippen LogP contribution < -0.4 is 11.1 Å². The number of likely N-dealkylation sites (tertiary alicyclic amines) is 1. The van der Waals surface area contributed by atoms with Gasteiger partial charge in [-0.05, 0) is 38.1 Å². The van der Waals surface area contributed by atoms with Crippen molar-refractivity contribution in [3.05, 3.63) is 22.8 Å². The number of nitrogens with zero attached hydrogens (tertiary/aromatic N) is 2. The molecule has 0 aromatic carbocycles. The van der Waals surface area contributed by atoms with Crippen LogP contribution in [0.2, 0.25) is 5.15 Å². The first-order chi connectivity index (χ1) is 8.54. The number of halogens is 1. The lowest BCUT2D eigenvalue weighted by Gasteiger charge is -2.12. The van der Waals surface area contributed by atoms with Gasteiger partial charge in [0.2, 0.25) is 0 Å². The lowest BCUT2D eigenvalue weighted by molar-refractivity contribution is 0.0947. The Morgan fingerprint density at radius 3 is 3.06 bits per heavy atom. The highest BCUT2D eigenvalue weighted by atomic mass is 35.5. The van der Waals surface area contributed by atoms with Gasteiger partial charge in [0.1, 0.15) is 11.0 Å². The monoisotopic (exact) mass is 268 g/mol. The number of nitrogens with two attached hydrogens (primary N) is 1. The van der Waals surface area contributed by atoms with E-state index in [1.165, 1.54) is 12.1 Å². The zero-order chi connectivity index (χ0) is 13.1. The van der Waals surface area contributed by atoms with Crippen molar-refractivity contribution in [3.63, 3.8) is 0 Å². The predicted molar refractivity (Wildman–Crippen MR) is 71.6 cm³/mol. The summed E-state index contributed by atoms with van der Waals surface area (Å²) in [5, 5.41) is 3.15. The number of anilines is 1. The maximum absolute atomic E-state index is 11.9. The van der Waals surface area contributed by atoms with E-state index in [1.54, 1.807) is 0 Å². The van der Waals surface area contributed by atoms with Gasteiger partial charge in [-0.3, -0.25) is 4.79 Å². The van der Waals surface area contributed by atoms with Gasteiger partial charge in [0, 0.05) is 18.7 Å². The van der Waals surface area contributed by atoms with E-state index in [0.29, 0.717) is 18.0 Å². The van der Waals surface area contributed by atoms with E-state index in [9.17, 15) is 4.79 Å². The average Bonchev–Trinajstić information content (AvgIpc) is 2.70. The number of carbonyl (C=O) groups excluding carboxylic acids is 1. The summed E-state index contributed by atoms with van der Waals surface area (Å²) in [4.78, 5) is 18.0. The summed E-state index contributed by atoms with van der Waals surface area (Å²) >= 11 is 5.76. The number of hydrogen-bond acceptors (Lipinski definition) is 4. The highest BCUT2D eigenvalue weighted by Crippen LogP contribution is 2.14. The van der Waals surface area contributed by atoms with E-state index in [-0.39, 0.29) is 16.9 Å². The molecule has 1 amide bonds. The minimum Gasteiger partial charge on any atom is -0.384 e. The molecule has 18 heavy (non-hydrogen) atoms. The zero-order valence-corrected chi connectivity index (χ0v) is 11.1. The second-order valence-corrected chi connectivity index (χ2v) is 5.12. The first kappa shape index (κ1) is 13.1. The third-order valence-electron chi connectivity index (χ3n) is 3.12. The van der Waals surface area contributed by atoms with Crippen LogP contribution >= 0.6 is 11.6 Å². The minimum atomic E-state index is -0.152. The van der Waals surface area contributed by atoms with Gasteiger partial charge in [0.15, 0.2) is 0 Å².